The molecule has 4 aromatic rings. The maximum Gasteiger partial charge on any atom is 0.215 e. The van der Waals surface area contributed by atoms with E-state index < -0.39 is 32.7 Å². The molecule has 5 rings (SSSR count). The van der Waals surface area contributed by atoms with Crippen molar-refractivity contribution >= 4 is 48.9 Å². The van der Waals surface area contributed by atoms with Crippen LogP contribution in [-0.4, -0.2) is 28.7 Å². The largest absolute Gasteiger partial charge is 0.386 e. The van der Waals surface area contributed by atoms with Crippen molar-refractivity contribution in [2.75, 3.05) is 5.73 Å². The zero-order valence-electron chi connectivity index (χ0n) is 19.5. The summed E-state index contributed by atoms with van der Waals surface area (Å²) in [5.41, 5.74) is 6.77. The molecule has 188 valence electrons. The van der Waals surface area contributed by atoms with Crippen molar-refractivity contribution in [2.24, 2.45) is 0 Å². The topological polar surface area (TPSA) is 118 Å². The van der Waals surface area contributed by atoms with Crippen LogP contribution in [0.4, 0.5) is 10.2 Å². The number of halogens is 2. The monoisotopic (exact) mass is 546 g/mol. The molecule has 11 heteroatoms. The van der Waals surface area contributed by atoms with Crippen LogP contribution < -0.4 is 10.5 Å². The molecule has 0 bridgehead atoms. The average molecular weight is 547 g/mol. The predicted molar refractivity (Wildman–Crippen MR) is 141 cm³/mol. The lowest BCUT2D eigenvalue weighted by Crippen LogP contribution is -2.32. The Morgan fingerprint density at radius 3 is 2.69 bits per heavy atom. The van der Waals surface area contributed by atoms with Gasteiger partial charge in [-0.3, -0.25) is 4.98 Å². The van der Waals surface area contributed by atoms with Gasteiger partial charge in [-0.15, -0.1) is 11.3 Å². The van der Waals surface area contributed by atoms with Crippen molar-refractivity contribution < 1.29 is 17.9 Å². The maximum absolute atomic E-state index is 15.2. The summed E-state index contributed by atoms with van der Waals surface area (Å²) < 4.78 is 44.6. The van der Waals surface area contributed by atoms with Gasteiger partial charge in [0.25, 0.3) is 0 Å². The number of sulfonamides is 1. The number of nitrogens with two attached hydrogens (primary N) is 1. The summed E-state index contributed by atoms with van der Waals surface area (Å²) in [6.07, 6.45) is 3.96. The van der Waals surface area contributed by atoms with Crippen molar-refractivity contribution in [1.29, 1.82) is 0 Å². The van der Waals surface area contributed by atoms with Crippen LogP contribution in [0.3, 0.4) is 0 Å². The summed E-state index contributed by atoms with van der Waals surface area (Å²) >= 11 is 7.65. The molecule has 0 aliphatic heterocycles. The Balaban J connectivity index is 1.68. The number of anilines is 1. The Morgan fingerprint density at radius 2 is 2.00 bits per heavy atom. The van der Waals surface area contributed by atoms with Crippen molar-refractivity contribution in [3.63, 3.8) is 0 Å². The van der Waals surface area contributed by atoms with Crippen LogP contribution in [-0.2, 0) is 15.6 Å². The maximum atomic E-state index is 15.2. The average Bonchev–Trinajstić information content (AvgIpc) is 3.60. The first kappa shape index (κ1) is 25.0. The van der Waals surface area contributed by atoms with Crippen molar-refractivity contribution in [3.05, 3.63) is 75.6 Å². The zero-order valence-corrected chi connectivity index (χ0v) is 21.9. The molecule has 0 spiro atoms. The highest BCUT2D eigenvalue weighted by atomic mass is 35.5. The summed E-state index contributed by atoms with van der Waals surface area (Å²) in [7, 11) is -3.72. The van der Waals surface area contributed by atoms with Crippen molar-refractivity contribution in [1.82, 2.24) is 14.7 Å². The quantitative estimate of drug-likeness (QED) is 0.296. The van der Waals surface area contributed by atoms with Gasteiger partial charge in [-0.2, -0.15) is 0 Å². The molecule has 1 atom stereocenters. The molecule has 0 saturated heterocycles. The minimum Gasteiger partial charge on any atom is -0.386 e. The Kier molecular flexibility index (Phi) is 6.29. The Bertz CT molecular complexity index is 1580. The van der Waals surface area contributed by atoms with Gasteiger partial charge >= 0.3 is 0 Å². The van der Waals surface area contributed by atoms with E-state index in [-0.39, 0.29) is 16.4 Å². The number of pyridine rings is 2. The molecule has 1 fully saturated rings. The third kappa shape index (κ3) is 4.71. The molecular formula is C25H24ClFN4O3S2. The standard InChI is InChI=1S/C25H24ClFN4O3S2/c1-25(2,32)14-8-9-29-18(11-14)16-5-3-4-13-10-19(35-23(13)16)22(31-36(33,34)15-6-7-15)20-17(26)12-30-24(28)21(20)27/h3-5,8-12,15,22,31-32H,6-7H2,1-2H3,(H2,28,30). The van der Waals surface area contributed by atoms with Gasteiger partial charge < -0.3 is 10.8 Å². The molecule has 3 aromatic heterocycles. The number of rotatable bonds is 7. The molecule has 1 aliphatic carbocycles. The number of thiophene rings is 1. The van der Waals surface area contributed by atoms with E-state index in [1.165, 1.54) is 17.5 Å². The zero-order chi connectivity index (χ0) is 25.8. The summed E-state index contributed by atoms with van der Waals surface area (Å²) in [6, 6.07) is 9.97. The number of nitrogen functional groups attached to an aromatic ring is 1. The lowest BCUT2D eigenvalue weighted by molar-refractivity contribution is 0.0785. The van der Waals surface area contributed by atoms with E-state index in [1.54, 1.807) is 26.1 Å². The van der Waals surface area contributed by atoms with E-state index in [0.717, 1.165) is 15.6 Å². The fourth-order valence-corrected chi connectivity index (χ4v) is 7.12. The minimum absolute atomic E-state index is 0.0255. The number of benzene rings is 1. The van der Waals surface area contributed by atoms with Crippen LogP contribution in [0.25, 0.3) is 21.3 Å². The normalized spacial score (nSPS) is 15.4. The number of nitrogens with zero attached hydrogens (tertiary/aromatic N) is 2. The van der Waals surface area contributed by atoms with Crippen LogP contribution in [0.2, 0.25) is 5.02 Å². The molecule has 0 radical (unpaired) electrons. The fourth-order valence-electron chi connectivity index (χ4n) is 4.04. The molecule has 7 nitrogen and oxygen atoms in total. The smallest absolute Gasteiger partial charge is 0.215 e. The molecular weight excluding hydrogens is 523 g/mol. The van der Waals surface area contributed by atoms with Crippen LogP contribution in [0.15, 0.2) is 48.8 Å². The van der Waals surface area contributed by atoms with Gasteiger partial charge in [0.1, 0.15) is 0 Å². The van der Waals surface area contributed by atoms with Crippen LogP contribution in [0, 0.1) is 5.82 Å². The van der Waals surface area contributed by atoms with Gasteiger partial charge in [0.2, 0.25) is 10.0 Å². The lowest BCUT2D eigenvalue weighted by Gasteiger charge is -2.20. The molecule has 1 aliphatic rings. The second-order valence-electron chi connectivity index (χ2n) is 9.38. The molecule has 1 saturated carbocycles. The SMILES string of the molecule is CC(C)(O)c1ccnc(-c2cccc3cc(C(NS(=O)(=O)C4CC4)c4c(Cl)cnc(N)c4F)sc23)c1. The Labute approximate surface area is 217 Å². The summed E-state index contributed by atoms with van der Waals surface area (Å²) in [6.45, 7) is 3.40. The molecule has 0 amide bonds. The van der Waals surface area contributed by atoms with E-state index >= 15 is 4.39 Å². The first-order valence-corrected chi connectivity index (χ1v) is 14.0. The van der Waals surface area contributed by atoms with E-state index in [0.29, 0.717) is 29.0 Å². The highest BCUT2D eigenvalue weighted by Gasteiger charge is 2.39. The second kappa shape index (κ2) is 9.04. The lowest BCUT2D eigenvalue weighted by atomic mass is 9.97. The second-order valence-corrected chi connectivity index (χ2v) is 12.9. The van der Waals surface area contributed by atoms with E-state index in [9.17, 15) is 13.5 Å². The Hall–Kier alpha value is -2.63. The molecule has 1 aromatic carbocycles. The van der Waals surface area contributed by atoms with Gasteiger partial charge in [-0.1, -0.05) is 29.8 Å². The molecule has 3 heterocycles. The highest BCUT2D eigenvalue weighted by Crippen LogP contribution is 2.42. The summed E-state index contributed by atoms with van der Waals surface area (Å²) in [5, 5.41) is 10.7. The number of aliphatic hydroxyl groups is 1. The number of fused-ring (bicyclic) bond motifs is 1. The van der Waals surface area contributed by atoms with Crippen LogP contribution in [0.1, 0.15) is 48.7 Å². The first-order valence-electron chi connectivity index (χ1n) is 11.3. The van der Waals surface area contributed by atoms with Crippen LogP contribution in [0.5, 0.6) is 0 Å². The van der Waals surface area contributed by atoms with E-state index in [4.69, 9.17) is 17.3 Å². The Morgan fingerprint density at radius 1 is 1.25 bits per heavy atom. The van der Waals surface area contributed by atoms with Gasteiger partial charge in [0.05, 0.1) is 27.6 Å². The summed E-state index contributed by atoms with van der Waals surface area (Å²) in [4.78, 5) is 8.79. The molecule has 1 unspecified atom stereocenters. The number of aromatic nitrogens is 2. The number of hydrogen-bond acceptors (Lipinski definition) is 7. The van der Waals surface area contributed by atoms with Gasteiger partial charge in [-0.25, -0.2) is 22.5 Å². The third-order valence-electron chi connectivity index (χ3n) is 6.16. The van der Waals surface area contributed by atoms with Crippen molar-refractivity contribution in [3.8, 4) is 11.3 Å². The first-order chi connectivity index (χ1) is 17.0. The van der Waals surface area contributed by atoms with Crippen molar-refractivity contribution in [2.45, 2.75) is 43.6 Å². The van der Waals surface area contributed by atoms with E-state index in [2.05, 4.69) is 14.7 Å². The third-order valence-corrected chi connectivity index (χ3v) is 9.62. The van der Waals surface area contributed by atoms with E-state index in [1.807, 2.05) is 30.3 Å². The van der Waals surface area contributed by atoms with Gasteiger partial charge in [-0.05, 0) is 55.8 Å². The van der Waals surface area contributed by atoms with Gasteiger partial charge in [0, 0.05) is 33.1 Å². The fraction of sp³-hybridized carbons (Fsp3) is 0.280. The number of hydrogen-bond donors (Lipinski definition) is 3. The molecule has 4 N–H and O–H groups in total. The number of nitrogens with one attached hydrogen (secondary N) is 1. The van der Waals surface area contributed by atoms with Crippen LogP contribution >= 0.6 is 22.9 Å². The molecule has 36 heavy (non-hydrogen) atoms. The minimum atomic E-state index is -3.72. The summed E-state index contributed by atoms with van der Waals surface area (Å²) in [5.74, 6) is -1.22. The highest BCUT2D eigenvalue weighted by molar-refractivity contribution is 7.90. The van der Waals surface area contributed by atoms with Gasteiger partial charge in [0.15, 0.2) is 11.6 Å². The predicted octanol–water partition coefficient (Wildman–Crippen LogP) is 5.13.